The van der Waals surface area contributed by atoms with Crippen LogP contribution in [0.5, 0.6) is 11.5 Å². The highest BCUT2D eigenvalue weighted by Gasteiger charge is 2.08. The molecule has 0 radical (unpaired) electrons. The van der Waals surface area contributed by atoms with Crippen molar-refractivity contribution in [1.29, 1.82) is 0 Å². The molecule has 21 heavy (non-hydrogen) atoms. The Morgan fingerprint density at radius 1 is 1.24 bits per heavy atom. The van der Waals surface area contributed by atoms with Crippen LogP contribution in [0, 0.1) is 6.92 Å². The third-order valence-corrected chi connectivity index (χ3v) is 3.14. The number of ether oxygens (including phenoxy) is 2. The number of aryl methyl sites for hydroxylation is 1. The summed E-state index contributed by atoms with van der Waals surface area (Å²) in [4.78, 5) is 4.18. The van der Waals surface area contributed by atoms with Gasteiger partial charge in [-0.05, 0) is 43.5 Å². The molecule has 2 N–H and O–H groups in total. The summed E-state index contributed by atoms with van der Waals surface area (Å²) in [5, 5.41) is 0. The number of nitrogens with zero attached hydrogens (tertiary/aromatic N) is 1. The van der Waals surface area contributed by atoms with Crippen molar-refractivity contribution < 1.29 is 9.47 Å². The maximum atomic E-state index is 5.95. The van der Waals surface area contributed by atoms with Crippen molar-refractivity contribution in [3.63, 3.8) is 0 Å². The van der Waals surface area contributed by atoms with Crippen LogP contribution in [0.2, 0.25) is 0 Å². The minimum atomic E-state index is 0.0846. The van der Waals surface area contributed by atoms with Gasteiger partial charge in [0.15, 0.2) is 0 Å². The number of methoxy groups -OCH3 is 1. The van der Waals surface area contributed by atoms with E-state index in [0.717, 1.165) is 34.6 Å². The predicted molar refractivity (Wildman–Crippen MR) is 83.7 cm³/mol. The van der Waals surface area contributed by atoms with Gasteiger partial charge in [-0.25, -0.2) is 0 Å². The van der Waals surface area contributed by atoms with Gasteiger partial charge in [0.05, 0.1) is 7.11 Å². The molecule has 0 saturated carbocycles. The fourth-order valence-electron chi connectivity index (χ4n) is 2.17. The molecule has 0 aliphatic carbocycles. The van der Waals surface area contributed by atoms with Crippen LogP contribution >= 0.6 is 0 Å². The van der Waals surface area contributed by atoms with Gasteiger partial charge in [-0.2, -0.15) is 0 Å². The van der Waals surface area contributed by atoms with E-state index in [0.29, 0.717) is 6.61 Å². The lowest BCUT2D eigenvalue weighted by molar-refractivity contribution is 0.299. The average molecular weight is 286 g/mol. The first-order valence-corrected chi connectivity index (χ1v) is 7.04. The Kier molecular flexibility index (Phi) is 5.17. The van der Waals surface area contributed by atoms with Crippen LogP contribution in [-0.4, -0.2) is 18.1 Å². The third-order valence-electron chi connectivity index (χ3n) is 3.14. The molecule has 1 aromatic heterocycles. The zero-order valence-corrected chi connectivity index (χ0v) is 12.8. The van der Waals surface area contributed by atoms with E-state index < -0.39 is 0 Å². The molecule has 1 aromatic carbocycles. The summed E-state index contributed by atoms with van der Waals surface area (Å²) in [6.45, 7) is 4.48. The maximum Gasteiger partial charge on any atom is 0.126 e. The first-order valence-electron chi connectivity index (χ1n) is 7.04. The van der Waals surface area contributed by atoms with Gasteiger partial charge in [-0.15, -0.1) is 0 Å². The molecular weight excluding hydrogens is 264 g/mol. The van der Waals surface area contributed by atoms with Crippen LogP contribution in [0.4, 0.5) is 0 Å². The van der Waals surface area contributed by atoms with Crippen LogP contribution in [0.1, 0.15) is 23.6 Å². The van der Waals surface area contributed by atoms with E-state index in [-0.39, 0.29) is 6.04 Å². The smallest absolute Gasteiger partial charge is 0.126 e. The number of benzene rings is 1. The number of aromatic nitrogens is 1. The van der Waals surface area contributed by atoms with Gasteiger partial charge in [-0.3, -0.25) is 4.98 Å². The zero-order chi connectivity index (χ0) is 15.2. The van der Waals surface area contributed by atoms with Crippen LogP contribution in [0.25, 0.3) is 0 Å². The van der Waals surface area contributed by atoms with Gasteiger partial charge in [0.2, 0.25) is 0 Å². The van der Waals surface area contributed by atoms with Gasteiger partial charge in [0, 0.05) is 30.1 Å². The molecule has 2 rings (SSSR count). The van der Waals surface area contributed by atoms with Gasteiger partial charge in [0.1, 0.15) is 18.1 Å². The summed E-state index contributed by atoms with van der Waals surface area (Å²) in [5.74, 6) is 1.59. The Bertz CT molecular complexity index is 597. The van der Waals surface area contributed by atoms with E-state index >= 15 is 0 Å². The highest BCUT2D eigenvalue weighted by molar-refractivity contribution is 5.41. The van der Waals surface area contributed by atoms with Crippen molar-refractivity contribution in [2.75, 3.05) is 7.11 Å². The number of nitrogens with two attached hydrogens (primary N) is 1. The van der Waals surface area contributed by atoms with Gasteiger partial charge in [0.25, 0.3) is 0 Å². The average Bonchev–Trinajstić information content (AvgIpc) is 2.46. The topological polar surface area (TPSA) is 57.4 Å². The van der Waals surface area contributed by atoms with E-state index in [9.17, 15) is 0 Å². The zero-order valence-electron chi connectivity index (χ0n) is 12.8. The summed E-state index contributed by atoms with van der Waals surface area (Å²) in [7, 11) is 1.65. The monoisotopic (exact) mass is 286 g/mol. The van der Waals surface area contributed by atoms with Crippen molar-refractivity contribution in [2.24, 2.45) is 5.73 Å². The van der Waals surface area contributed by atoms with Gasteiger partial charge in [-0.1, -0.05) is 6.07 Å². The van der Waals surface area contributed by atoms with Crippen molar-refractivity contribution in [1.82, 2.24) is 4.98 Å². The molecular formula is C17H22N2O2. The second-order valence-electron chi connectivity index (χ2n) is 5.31. The number of hydrogen-bond donors (Lipinski definition) is 1. The molecule has 0 bridgehead atoms. The van der Waals surface area contributed by atoms with Crippen molar-refractivity contribution in [3.05, 3.63) is 53.3 Å². The standard InChI is InChI=1S/C17H22N2O2/c1-12-6-14(10-19-9-12)11-21-17-8-16(20-3)5-4-15(17)7-13(2)18/h4-6,8-10,13H,7,11,18H2,1-3H3. The van der Waals surface area contributed by atoms with Crippen molar-refractivity contribution in [2.45, 2.75) is 32.9 Å². The lowest BCUT2D eigenvalue weighted by Gasteiger charge is -2.14. The first-order chi connectivity index (χ1) is 10.1. The van der Waals surface area contributed by atoms with E-state index in [2.05, 4.69) is 11.1 Å². The van der Waals surface area contributed by atoms with E-state index in [4.69, 9.17) is 15.2 Å². The van der Waals surface area contributed by atoms with E-state index in [1.165, 1.54) is 0 Å². The molecule has 1 atom stereocenters. The lowest BCUT2D eigenvalue weighted by Crippen LogP contribution is -2.18. The van der Waals surface area contributed by atoms with Crippen LogP contribution in [-0.2, 0) is 13.0 Å². The summed E-state index contributed by atoms with van der Waals surface area (Å²) in [6, 6.07) is 7.99. The molecule has 1 heterocycles. The minimum Gasteiger partial charge on any atom is -0.497 e. The van der Waals surface area contributed by atoms with Gasteiger partial charge < -0.3 is 15.2 Å². The predicted octanol–water partition coefficient (Wildman–Crippen LogP) is 2.87. The van der Waals surface area contributed by atoms with Crippen LogP contribution in [0.3, 0.4) is 0 Å². The molecule has 0 fully saturated rings. The van der Waals surface area contributed by atoms with E-state index in [1.54, 1.807) is 7.11 Å². The number of rotatable bonds is 6. The highest BCUT2D eigenvalue weighted by atomic mass is 16.5. The minimum absolute atomic E-state index is 0.0846. The molecule has 4 heteroatoms. The lowest BCUT2D eigenvalue weighted by atomic mass is 10.1. The molecule has 1 unspecified atom stereocenters. The van der Waals surface area contributed by atoms with E-state index in [1.807, 2.05) is 44.4 Å². The molecule has 0 spiro atoms. The summed E-state index contributed by atoms with van der Waals surface area (Å²) in [6.07, 6.45) is 4.42. The molecule has 0 aliphatic rings. The molecule has 0 amide bonds. The number of hydrogen-bond acceptors (Lipinski definition) is 4. The fourth-order valence-corrected chi connectivity index (χ4v) is 2.17. The summed E-state index contributed by atoms with van der Waals surface area (Å²) in [5.41, 5.74) is 9.15. The second-order valence-corrected chi connectivity index (χ2v) is 5.31. The maximum absolute atomic E-state index is 5.95. The van der Waals surface area contributed by atoms with Crippen molar-refractivity contribution >= 4 is 0 Å². The molecule has 4 nitrogen and oxygen atoms in total. The SMILES string of the molecule is COc1ccc(CC(C)N)c(OCc2cncc(C)c2)c1. The second kappa shape index (κ2) is 7.09. The summed E-state index contributed by atoms with van der Waals surface area (Å²) >= 11 is 0. The Balaban J connectivity index is 2.16. The van der Waals surface area contributed by atoms with Crippen LogP contribution in [0.15, 0.2) is 36.7 Å². The molecule has 0 aliphatic heterocycles. The Hall–Kier alpha value is -2.07. The first kappa shape index (κ1) is 15.3. The quantitative estimate of drug-likeness (QED) is 0.887. The summed E-state index contributed by atoms with van der Waals surface area (Å²) < 4.78 is 11.2. The van der Waals surface area contributed by atoms with Crippen LogP contribution < -0.4 is 15.2 Å². The third kappa shape index (κ3) is 4.46. The molecule has 0 saturated heterocycles. The number of pyridine rings is 1. The fraction of sp³-hybridized carbons (Fsp3) is 0.353. The largest absolute Gasteiger partial charge is 0.497 e. The molecule has 2 aromatic rings. The highest BCUT2D eigenvalue weighted by Crippen LogP contribution is 2.26. The Morgan fingerprint density at radius 2 is 2.05 bits per heavy atom. The molecule has 112 valence electrons. The normalized spacial score (nSPS) is 12.0. The van der Waals surface area contributed by atoms with Gasteiger partial charge >= 0.3 is 0 Å². The Labute approximate surface area is 125 Å². The Morgan fingerprint density at radius 3 is 2.71 bits per heavy atom. The van der Waals surface area contributed by atoms with Crippen molar-refractivity contribution in [3.8, 4) is 11.5 Å².